The molecule has 4 aliphatic carbocycles. The molecular weight excluding hydrogens is 388 g/mol. The van der Waals surface area contributed by atoms with E-state index in [4.69, 9.17) is 9.72 Å². The van der Waals surface area contributed by atoms with Gasteiger partial charge in [-0.15, -0.1) is 0 Å². The van der Waals surface area contributed by atoms with Crippen molar-refractivity contribution < 1.29 is 14.6 Å². The summed E-state index contributed by atoms with van der Waals surface area (Å²) in [6.45, 7) is 3.00. The second-order valence-electron chi connectivity index (χ2n) is 10.4. The maximum Gasteiger partial charge on any atom is 0.161 e. The molecule has 31 heavy (non-hydrogen) atoms. The minimum Gasteiger partial charge on any atom is -0.390 e. The standard InChI is InChI=1S/C26H30N2O3/c29-23(25-13-18-11-19(14-25)16-26(30,15-18)17-25)6-5-21-12-20-3-1-2-4-22(20)27-24(21)28-7-9-31-10-8-28/h1-6,12,18-19,30H,7-11,13-17H2/b6-5+. The van der Waals surface area contributed by atoms with Crippen LogP contribution in [-0.2, 0) is 9.53 Å². The predicted octanol–water partition coefficient (Wildman–Crippen LogP) is 3.99. The fourth-order valence-electron chi connectivity index (χ4n) is 7.12. The average molecular weight is 419 g/mol. The lowest BCUT2D eigenvalue weighted by molar-refractivity contribution is -0.173. The van der Waals surface area contributed by atoms with Gasteiger partial charge < -0.3 is 14.7 Å². The summed E-state index contributed by atoms with van der Waals surface area (Å²) in [5, 5.41) is 12.1. The molecule has 0 amide bonds. The van der Waals surface area contributed by atoms with Crippen LogP contribution < -0.4 is 4.90 Å². The van der Waals surface area contributed by atoms with Gasteiger partial charge in [0.1, 0.15) is 5.82 Å². The van der Waals surface area contributed by atoms with Crippen molar-refractivity contribution in [3.05, 3.63) is 42.0 Å². The van der Waals surface area contributed by atoms with Crippen LogP contribution >= 0.6 is 0 Å². The van der Waals surface area contributed by atoms with E-state index in [0.29, 0.717) is 31.5 Å². The Kier molecular flexibility index (Phi) is 4.48. The van der Waals surface area contributed by atoms with Gasteiger partial charge in [-0.25, -0.2) is 4.98 Å². The zero-order valence-electron chi connectivity index (χ0n) is 17.9. The molecule has 0 radical (unpaired) electrons. The van der Waals surface area contributed by atoms with E-state index in [2.05, 4.69) is 17.0 Å². The Labute approximate surface area is 183 Å². The van der Waals surface area contributed by atoms with Gasteiger partial charge in [0.25, 0.3) is 0 Å². The van der Waals surface area contributed by atoms with Crippen LogP contribution in [0.3, 0.4) is 0 Å². The van der Waals surface area contributed by atoms with Crippen molar-refractivity contribution in [1.29, 1.82) is 0 Å². The van der Waals surface area contributed by atoms with Crippen molar-refractivity contribution in [2.45, 2.75) is 44.1 Å². The van der Waals surface area contributed by atoms with Crippen molar-refractivity contribution in [3.8, 4) is 0 Å². The maximum absolute atomic E-state index is 13.5. The number of hydrogen-bond donors (Lipinski definition) is 1. The van der Waals surface area contributed by atoms with Crippen molar-refractivity contribution in [2.24, 2.45) is 17.3 Å². The van der Waals surface area contributed by atoms with Gasteiger partial charge in [0.15, 0.2) is 5.78 Å². The Balaban J connectivity index is 1.34. The van der Waals surface area contributed by atoms with Gasteiger partial charge in [0.2, 0.25) is 0 Å². The first-order chi connectivity index (χ1) is 15.0. The topological polar surface area (TPSA) is 62.7 Å². The first-order valence-corrected chi connectivity index (χ1v) is 11.7. The molecule has 5 fully saturated rings. The zero-order valence-corrected chi connectivity index (χ0v) is 17.9. The monoisotopic (exact) mass is 418 g/mol. The number of anilines is 1. The molecule has 2 unspecified atom stereocenters. The van der Waals surface area contributed by atoms with Gasteiger partial charge in [0.05, 0.1) is 24.3 Å². The maximum atomic E-state index is 13.5. The number of rotatable bonds is 4. The molecule has 162 valence electrons. The number of benzene rings is 1. The molecule has 2 aromatic rings. The lowest BCUT2D eigenvalue weighted by Gasteiger charge is -2.59. The average Bonchev–Trinajstić information content (AvgIpc) is 2.75. The van der Waals surface area contributed by atoms with Crippen LogP contribution in [0.15, 0.2) is 36.4 Å². The van der Waals surface area contributed by atoms with Crippen molar-refractivity contribution in [2.75, 3.05) is 31.2 Å². The van der Waals surface area contributed by atoms with Gasteiger partial charge in [-0.05, 0) is 74.6 Å². The molecule has 7 rings (SSSR count). The van der Waals surface area contributed by atoms with Gasteiger partial charge in [0, 0.05) is 29.5 Å². The number of fused-ring (bicyclic) bond motifs is 1. The number of hydrogen-bond acceptors (Lipinski definition) is 5. The van der Waals surface area contributed by atoms with E-state index in [-0.39, 0.29) is 11.2 Å². The summed E-state index contributed by atoms with van der Waals surface area (Å²) < 4.78 is 5.53. The Bertz CT molecular complexity index is 1040. The summed E-state index contributed by atoms with van der Waals surface area (Å²) >= 11 is 0. The van der Waals surface area contributed by atoms with Crippen LogP contribution in [0.5, 0.6) is 0 Å². The molecule has 1 aliphatic heterocycles. The van der Waals surface area contributed by atoms with Crippen LogP contribution in [0.1, 0.15) is 44.1 Å². The van der Waals surface area contributed by atoms with Crippen molar-refractivity contribution in [3.63, 3.8) is 0 Å². The Morgan fingerprint density at radius 1 is 1.13 bits per heavy atom. The van der Waals surface area contributed by atoms with E-state index in [1.54, 1.807) is 6.08 Å². The largest absolute Gasteiger partial charge is 0.390 e. The molecule has 1 aromatic carbocycles. The fraction of sp³-hybridized carbons (Fsp3) is 0.538. The number of carbonyl (C=O) groups is 1. The highest BCUT2D eigenvalue weighted by atomic mass is 16.5. The highest BCUT2D eigenvalue weighted by Gasteiger charge is 2.59. The predicted molar refractivity (Wildman–Crippen MR) is 121 cm³/mol. The molecule has 5 nitrogen and oxygen atoms in total. The number of morpholine rings is 1. The van der Waals surface area contributed by atoms with Gasteiger partial charge in [-0.3, -0.25) is 4.79 Å². The molecule has 2 atom stereocenters. The van der Waals surface area contributed by atoms with Crippen LogP contribution in [0.25, 0.3) is 17.0 Å². The minimum absolute atomic E-state index is 0.195. The van der Waals surface area contributed by atoms with Crippen LogP contribution in [0, 0.1) is 17.3 Å². The number of ether oxygens (including phenoxy) is 1. The molecule has 5 heteroatoms. The number of para-hydroxylation sites is 1. The first kappa shape index (κ1) is 19.4. The summed E-state index contributed by atoms with van der Waals surface area (Å²) in [4.78, 5) is 20.7. The van der Waals surface area contributed by atoms with E-state index in [9.17, 15) is 9.90 Å². The third-order valence-corrected chi connectivity index (χ3v) is 8.01. The number of pyridine rings is 1. The van der Waals surface area contributed by atoms with Crippen molar-refractivity contribution in [1.82, 2.24) is 4.98 Å². The van der Waals surface area contributed by atoms with Crippen LogP contribution in [0.2, 0.25) is 0 Å². The summed E-state index contributed by atoms with van der Waals surface area (Å²) in [5.41, 5.74) is 0.976. The summed E-state index contributed by atoms with van der Waals surface area (Å²) in [6.07, 6.45) is 9.25. The fourth-order valence-corrected chi connectivity index (χ4v) is 7.12. The molecule has 5 aliphatic rings. The summed E-state index contributed by atoms with van der Waals surface area (Å²) in [7, 11) is 0. The lowest BCUT2D eigenvalue weighted by Crippen LogP contribution is -2.57. The number of aliphatic hydroxyl groups is 1. The lowest BCUT2D eigenvalue weighted by atomic mass is 9.47. The molecule has 2 heterocycles. The molecule has 1 saturated heterocycles. The third-order valence-electron chi connectivity index (χ3n) is 8.01. The van der Waals surface area contributed by atoms with E-state index >= 15 is 0 Å². The quantitative estimate of drug-likeness (QED) is 0.761. The second-order valence-corrected chi connectivity index (χ2v) is 10.4. The second kappa shape index (κ2) is 7.14. The number of aromatic nitrogens is 1. The van der Waals surface area contributed by atoms with Gasteiger partial charge in [-0.1, -0.05) is 18.2 Å². The van der Waals surface area contributed by atoms with Crippen molar-refractivity contribution >= 4 is 28.6 Å². The molecule has 1 aromatic heterocycles. The smallest absolute Gasteiger partial charge is 0.161 e. The highest BCUT2D eigenvalue weighted by Crippen LogP contribution is 2.62. The number of nitrogens with zero attached hydrogens (tertiary/aromatic N) is 2. The van der Waals surface area contributed by atoms with Crippen LogP contribution in [0.4, 0.5) is 5.82 Å². The first-order valence-electron chi connectivity index (χ1n) is 11.7. The molecule has 4 bridgehead atoms. The third kappa shape index (κ3) is 3.39. The molecular formula is C26H30N2O3. The Morgan fingerprint density at radius 3 is 2.61 bits per heavy atom. The van der Waals surface area contributed by atoms with E-state index in [1.165, 1.54) is 6.42 Å². The normalized spacial score (nSPS) is 34.7. The molecule has 1 N–H and O–H groups in total. The Hall–Kier alpha value is -2.24. The van der Waals surface area contributed by atoms with E-state index < -0.39 is 5.60 Å². The minimum atomic E-state index is -0.614. The summed E-state index contributed by atoms with van der Waals surface area (Å²) in [6, 6.07) is 10.3. The molecule has 4 saturated carbocycles. The van der Waals surface area contributed by atoms with Crippen LogP contribution in [-0.4, -0.2) is 47.8 Å². The highest BCUT2D eigenvalue weighted by molar-refractivity contribution is 5.99. The zero-order chi connectivity index (χ0) is 21.1. The van der Waals surface area contributed by atoms with Gasteiger partial charge in [-0.2, -0.15) is 0 Å². The van der Waals surface area contributed by atoms with E-state index in [1.807, 2.05) is 24.3 Å². The number of carbonyl (C=O) groups excluding carboxylic acids is 1. The number of allylic oxidation sites excluding steroid dienone is 1. The molecule has 0 spiro atoms. The SMILES string of the molecule is O=C(/C=C/c1cc2ccccc2nc1N1CCOCC1)C12CC3CC(CC(O)(C3)C1)C2. The van der Waals surface area contributed by atoms with Gasteiger partial charge >= 0.3 is 0 Å². The van der Waals surface area contributed by atoms with E-state index in [0.717, 1.165) is 61.1 Å². The number of ketones is 1. The Morgan fingerprint density at radius 2 is 1.87 bits per heavy atom. The summed E-state index contributed by atoms with van der Waals surface area (Å²) in [5.74, 6) is 2.14.